The molecule has 0 unspecified atom stereocenters. The molecule has 0 aliphatic carbocycles. The van der Waals surface area contributed by atoms with Gasteiger partial charge in [-0.3, -0.25) is 0 Å². The minimum absolute atomic E-state index is 0.351. The first-order valence-electron chi connectivity index (χ1n) is 6.78. The predicted octanol–water partition coefficient (Wildman–Crippen LogP) is 3.51. The van der Waals surface area contributed by atoms with Crippen LogP contribution in [0, 0.1) is 0 Å². The molecule has 0 radical (unpaired) electrons. The first kappa shape index (κ1) is 13.0. The van der Waals surface area contributed by atoms with Crippen molar-refractivity contribution in [1.29, 1.82) is 0 Å². The lowest BCUT2D eigenvalue weighted by Gasteiger charge is -2.10. The molecular formula is C16H11ClN4O. The van der Waals surface area contributed by atoms with E-state index in [1.54, 1.807) is 10.8 Å². The third-order valence-corrected chi connectivity index (χ3v) is 3.82. The van der Waals surface area contributed by atoms with Gasteiger partial charge in [0.1, 0.15) is 12.9 Å². The minimum atomic E-state index is 0.351. The molecule has 22 heavy (non-hydrogen) atoms. The SMILES string of the molecule is Clc1ccccc1COc1nn2cnnc2c2ccccc12. The molecular weight excluding hydrogens is 300 g/mol. The summed E-state index contributed by atoms with van der Waals surface area (Å²) in [7, 11) is 0. The maximum atomic E-state index is 6.16. The van der Waals surface area contributed by atoms with Gasteiger partial charge >= 0.3 is 0 Å². The summed E-state index contributed by atoms with van der Waals surface area (Å²) in [5.74, 6) is 0.530. The Hall–Kier alpha value is -2.66. The number of benzene rings is 2. The van der Waals surface area contributed by atoms with E-state index in [4.69, 9.17) is 16.3 Å². The molecule has 6 heteroatoms. The van der Waals surface area contributed by atoms with Crippen molar-refractivity contribution in [2.24, 2.45) is 0 Å². The van der Waals surface area contributed by atoms with Gasteiger partial charge in [0, 0.05) is 21.4 Å². The molecule has 0 saturated carbocycles. The number of halogens is 1. The third kappa shape index (κ3) is 2.16. The van der Waals surface area contributed by atoms with Crippen LogP contribution in [0.3, 0.4) is 0 Å². The van der Waals surface area contributed by atoms with Crippen LogP contribution in [0.15, 0.2) is 54.9 Å². The Balaban J connectivity index is 1.78. The van der Waals surface area contributed by atoms with E-state index in [0.29, 0.717) is 23.2 Å². The van der Waals surface area contributed by atoms with Crippen LogP contribution >= 0.6 is 11.6 Å². The van der Waals surface area contributed by atoms with Crippen LogP contribution in [0.2, 0.25) is 5.02 Å². The largest absolute Gasteiger partial charge is 0.471 e. The van der Waals surface area contributed by atoms with E-state index in [1.807, 2.05) is 48.5 Å². The van der Waals surface area contributed by atoms with E-state index >= 15 is 0 Å². The highest BCUT2D eigenvalue weighted by Crippen LogP contribution is 2.27. The Labute approximate surface area is 131 Å². The van der Waals surface area contributed by atoms with Crippen molar-refractivity contribution < 1.29 is 4.74 Å². The lowest BCUT2D eigenvalue weighted by Crippen LogP contribution is -2.02. The number of aromatic nitrogens is 4. The monoisotopic (exact) mass is 310 g/mol. The summed E-state index contributed by atoms with van der Waals surface area (Å²) in [6, 6.07) is 15.4. The van der Waals surface area contributed by atoms with Gasteiger partial charge in [0.05, 0.1) is 0 Å². The van der Waals surface area contributed by atoms with Crippen molar-refractivity contribution in [3.63, 3.8) is 0 Å². The van der Waals surface area contributed by atoms with E-state index in [0.717, 1.165) is 16.3 Å². The van der Waals surface area contributed by atoms with Gasteiger partial charge in [0.2, 0.25) is 5.88 Å². The standard InChI is InChI=1S/C16H11ClN4O/c17-14-8-4-1-5-11(14)9-22-16-13-7-3-2-6-12(13)15-19-18-10-21(15)20-16/h1-8,10H,9H2. The molecule has 0 aliphatic rings. The summed E-state index contributed by atoms with van der Waals surface area (Å²) < 4.78 is 7.51. The fourth-order valence-electron chi connectivity index (χ4n) is 2.36. The van der Waals surface area contributed by atoms with Gasteiger partial charge in [0.25, 0.3) is 0 Å². The normalized spacial score (nSPS) is 11.1. The van der Waals surface area contributed by atoms with Gasteiger partial charge in [-0.15, -0.1) is 15.3 Å². The molecule has 0 fully saturated rings. The van der Waals surface area contributed by atoms with Gasteiger partial charge in [-0.25, -0.2) is 0 Å². The average Bonchev–Trinajstić information content (AvgIpc) is 3.02. The zero-order chi connectivity index (χ0) is 14.9. The van der Waals surface area contributed by atoms with Crippen molar-refractivity contribution in [3.8, 4) is 5.88 Å². The molecule has 0 bridgehead atoms. The number of hydrogen-bond donors (Lipinski definition) is 0. The lowest BCUT2D eigenvalue weighted by atomic mass is 10.2. The van der Waals surface area contributed by atoms with Crippen LogP contribution in [-0.2, 0) is 6.61 Å². The van der Waals surface area contributed by atoms with Crippen LogP contribution in [0.4, 0.5) is 0 Å². The molecule has 2 aromatic carbocycles. The van der Waals surface area contributed by atoms with Crippen LogP contribution in [0.5, 0.6) is 5.88 Å². The number of nitrogens with zero attached hydrogens (tertiary/aromatic N) is 4. The van der Waals surface area contributed by atoms with Crippen LogP contribution in [-0.4, -0.2) is 19.8 Å². The Bertz CT molecular complexity index is 967. The van der Waals surface area contributed by atoms with Gasteiger partial charge in [-0.2, -0.15) is 4.52 Å². The van der Waals surface area contributed by atoms with E-state index in [1.165, 1.54) is 0 Å². The quantitative estimate of drug-likeness (QED) is 0.581. The van der Waals surface area contributed by atoms with Gasteiger partial charge in [-0.1, -0.05) is 48.0 Å². The van der Waals surface area contributed by atoms with Crippen LogP contribution < -0.4 is 4.74 Å². The van der Waals surface area contributed by atoms with Crippen molar-refractivity contribution in [2.75, 3.05) is 0 Å². The smallest absolute Gasteiger partial charge is 0.240 e. The highest BCUT2D eigenvalue weighted by atomic mass is 35.5. The Morgan fingerprint density at radius 2 is 1.77 bits per heavy atom. The summed E-state index contributed by atoms with van der Waals surface area (Å²) in [4.78, 5) is 0. The fraction of sp³-hybridized carbons (Fsp3) is 0.0625. The Morgan fingerprint density at radius 3 is 2.64 bits per heavy atom. The Kier molecular flexibility index (Phi) is 3.12. The molecule has 4 aromatic rings. The van der Waals surface area contributed by atoms with Crippen molar-refractivity contribution >= 4 is 28.0 Å². The molecule has 2 heterocycles. The molecule has 108 valence electrons. The second-order valence-electron chi connectivity index (χ2n) is 4.83. The van der Waals surface area contributed by atoms with E-state index in [9.17, 15) is 0 Å². The first-order valence-corrected chi connectivity index (χ1v) is 7.16. The molecule has 0 saturated heterocycles. The average molecular weight is 311 g/mol. The summed E-state index contributed by atoms with van der Waals surface area (Å²) in [6.45, 7) is 0.351. The van der Waals surface area contributed by atoms with Crippen LogP contribution in [0.1, 0.15) is 5.56 Å². The molecule has 4 rings (SSSR count). The number of rotatable bonds is 3. The van der Waals surface area contributed by atoms with E-state index in [-0.39, 0.29) is 0 Å². The Morgan fingerprint density at radius 1 is 1.00 bits per heavy atom. The second-order valence-corrected chi connectivity index (χ2v) is 5.24. The zero-order valence-electron chi connectivity index (χ0n) is 11.5. The maximum Gasteiger partial charge on any atom is 0.240 e. The van der Waals surface area contributed by atoms with Crippen LogP contribution in [0.25, 0.3) is 16.4 Å². The van der Waals surface area contributed by atoms with Crippen molar-refractivity contribution in [3.05, 3.63) is 65.4 Å². The molecule has 0 spiro atoms. The molecule has 0 aliphatic heterocycles. The van der Waals surface area contributed by atoms with Gasteiger partial charge in [0.15, 0.2) is 5.65 Å². The van der Waals surface area contributed by atoms with Crippen molar-refractivity contribution in [1.82, 2.24) is 19.8 Å². The predicted molar refractivity (Wildman–Crippen MR) is 84.1 cm³/mol. The fourth-order valence-corrected chi connectivity index (χ4v) is 2.56. The van der Waals surface area contributed by atoms with E-state index < -0.39 is 0 Å². The lowest BCUT2D eigenvalue weighted by molar-refractivity contribution is 0.293. The number of fused-ring (bicyclic) bond motifs is 3. The van der Waals surface area contributed by atoms with Gasteiger partial charge < -0.3 is 4.74 Å². The molecule has 0 N–H and O–H groups in total. The summed E-state index contributed by atoms with van der Waals surface area (Å²) in [5.41, 5.74) is 1.62. The number of ether oxygens (including phenoxy) is 1. The second kappa shape index (κ2) is 5.27. The highest BCUT2D eigenvalue weighted by Gasteiger charge is 2.11. The van der Waals surface area contributed by atoms with Gasteiger partial charge in [-0.05, 0) is 12.1 Å². The molecule has 0 atom stereocenters. The molecule has 5 nitrogen and oxygen atoms in total. The minimum Gasteiger partial charge on any atom is -0.471 e. The third-order valence-electron chi connectivity index (χ3n) is 3.45. The summed E-state index contributed by atoms with van der Waals surface area (Å²) in [6.07, 6.45) is 1.56. The van der Waals surface area contributed by atoms with E-state index in [2.05, 4.69) is 15.3 Å². The molecule has 0 amide bonds. The summed E-state index contributed by atoms with van der Waals surface area (Å²) in [5, 5.41) is 15.0. The molecule has 2 aromatic heterocycles. The highest BCUT2D eigenvalue weighted by molar-refractivity contribution is 6.31. The first-order chi connectivity index (χ1) is 10.8. The maximum absolute atomic E-state index is 6.16. The summed E-state index contributed by atoms with van der Waals surface area (Å²) >= 11 is 6.16. The zero-order valence-corrected chi connectivity index (χ0v) is 12.2. The van der Waals surface area contributed by atoms with Crippen molar-refractivity contribution in [2.45, 2.75) is 6.61 Å². The number of hydrogen-bond acceptors (Lipinski definition) is 4. The topological polar surface area (TPSA) is 52.3 Å².